The molecule has 1 unspecified atom stereocenters. The summed E-state index contributed by atoms with van der Waals surface area (Å²) in [5.74, 6) is 0.908. The summed E-state index contributed by atoms with van der Waals surface area (Å²) in [7, 11) is 0. The molecule has 0 aromatic rings. The van der Waals surface area contributed by atoms with Gasteiger partial charge in [0.25, 0.3) is 0 Å². The summed E-state index contributed by atoms with van der Waals surface area (Å²) < 4.78 is 0. The van der Waals surface area contributed by atoms with E-state index in [0.717, 1.165) is 12.2 Å². The summed E-state index contributed by atoms with van der Waals surface area (Å²) in [6.07, 6.45) is 0.780. The molecule has 0 saturated carbocycles. The van der Waals surface area contributed by atoms with Gasteiger partial charge in [-0.3, -0.25) is 0 Å². The van der Waals surface area contributed by atoms with Crippen LogP contribution in [0, 0.1) is 0 Å². The Morgan fingerprint density at radius 1 is 1.45 bits per heavy atom. The zero-order chi connectivity index (χ0) is 8.91. The molecule has 0 saturated heterocycles. The van der Waals surface area contributed by atoms with E-state index in [0.29, 0.717) is 0 Å². The summed E-state index contributed by atoms with van der Waals surface area (Å²) in [5, 5.41) is 18.3. The predicted octanol–water partition coefficient (Wildman–Crippen LogP) is 1.26. The molecule has 0 aromatic heterocycles. The Kier molecular flexibility index (Phi) is 5.13. The molecule has 2 N–H and O–H groups in total. The van der Waals surface area contributed by atoms with E-state index >= 15 is 0 Å². The first-order chi connectivity index (χ1) is 4.95. The van der Waals surface area contributed by atoms with Gasteiger partial charge in [0.1, 0.15) is 0 Å². The average Bonchev–Trinajstić information content (AvgIpc) is 1.85. The van der Waals surface area contributed by atoms with E-state index in [2.05, 4.69) is 0 Å². The first-order valence-electron chi connectivity index (χ1n) is 3.90. The normalized spacial score (nSPS) is 15.0. The molecular weight excluding hydrogens is 160 g/mol. The van der Waals surface area contributed by atoms with Crippen molar-refractivity contribution in [2.24, 2.45) is 0 Å². The molecule has 0 amide bonds. The van der Waals surface area contributed by atoms with Crippen molar-refractivity contribution in [3.63, 3.8) is 0 Å². The molecular formula is C8H18O2S. The smallest absolute Gasteiger partial charge is 0.0599 e. The fourth-order valence-corrected chi connectivity index (χ4v) is 1.69. The number of thioether (sulfide) groups is 1. The van der Waals surface area contributed by atoms with Crippen molar-refractivity contribution in [1.29, 1.82) is 0 Å². The van der Waals surface area contributed by atoms with Crippen molar-refractivity contribution in [3.05, 3.63) is 0 Å². The summed E-state index contributed by atoms with van der Waals surface area (Å²) in [5.41, 5.74) is -0.567. The minimum atomic E-state index is -0.567. The van der Waals surface area contributed by atoms with Crippen LogP contribution < -0.4 is 0 Å². The van der Waals surface area contributed by atoms with Crippen LogP contribution >= 0.6 is 11.8 Å². The van der Waals surface area contributed by atoms with Gasteiger partial charge in [-0.2, -0.15) is 11.8 Å². The number of aliphatic hydroxyl groups is 2. The van der Waals surface area contributed by atoms with Gasteiger partial charge in [-0.15, -0.1) is 0 Å². The zero-order valence-corrected chi connectivity index (χ0v) is 8.32. The van der Waals surface area contributed by atoms with Crippen molar-refractivity contribution >= 4 is 11.8 Å². The highest BCUT2D eigenvalue weighted by Crippen LogP contribution is 2.16. The molecule has 0 rings (SSSR count). The Bertz CT molecular complexity index is 98.8. The van der Waals surface area contributed by atoms with Crippen LogP contribution in [0.15, 0.2) is 0 Å². The van der Waals surface area contributed by atoms with Gasteiger partial charge in [0.2, 0.25) is 0 Å². The average molecular weight is 178 g/mol. The van der Waals surface area contributed by atoms with Crippen LogP contribution in [0.1, 0.15) is 27.2 Å². The fraction of sp³-hybridized carbons (Fsp3) is 1.00. The highest BCUT2D eigenvalue weighted by molar-refractivity contribution is 7.99. The molecule has 0 fully saturated rings. The van der Waals surface area contributed by atoms with Crippen molar-refractivity contribution in [2.45, 2.75) is 38.0 Å². The topological polar surface area (TPSA) is 40.5 Å². The molecule has 0 spiro atoms. The van der Waals surface area contributed by atoms with Crippen LogP contribution in [0.25, 0.3) is 0 Å². The largest absolute Gasteiger partial charge is 0.395 e. The molecule has 68 valence electrons. The van der Waals surface area contributed by atoms with Crippen LogP contribution in [-0.4, -0.2) is 33.4 Å². The molecule has 2 nitrogen and oxygen atoms in total. The van der Waals surface area contributed by atoms with Crippen LogP contribution in [0.3, 0.4) is 0 Å². The van der Waals surface area contributed by atoms with Gasteiger partial charge in [0, 0.05) is 5.25 Å². The van der Waals surface area contributed by atoms with Crippen LogP contribution in [0.2, 0.25) is 0 Å². The van der Waals surface area contributed by atoms with Gasteiger partial charge in [0.15, 0.2) is 0 Å². The molecule has 0 aliphatic carbocycles. The molecule has 0 aromatic carbocycles. The summed E-state index contributed by atoms with van der Waals surface area (Å²) in [6, 6.07) is 0. The minimum Gasteiger partial charge on any atom is -0.395 e. The molecule has 0 aliphatic rings. The summed E-state index contributed by atoms with van der Waals surface area (Å²) in [4.78, 5) is 0. The third kappa shape index (κ3) is 8.17. The number of rotatable bonds is 5. The second-order valence-corrected chi connectivity index (χ2v) is 4.97. The van der Waals surface area contributed by atoms with Gasteiger partial charge >= 0.3 is 0 Å². The molecule has 11 heavy (non-hydrogen) atoms. The molecule has 0 bridgehead atoms. The van der Waals surface area contributed by atoms with E-state index in [1.54, 1.807) is 25.6 Å². The number of hydrogen-bond acceptors (Lipinski definition) is 3. The van der Waals surface area contributed by atoms with Gasteiger partial charge in [-0.05, 0) is 26.0 Å². The van der Waals surface area contributed by atoms with E-state index in [9.17, 15) is 5.11 Å². The van der Waals surface area contributed by atoms with Crippen molar-refractivity contribution < 1.29 is 10.2 Å². The standard InChI is InChI=1S/C8H18O2S/c1-7(6-9)11-5-4-8(2,3)10/h7,9-10H,4-6H2,1-3H3. The Balaban J connectivity index is 3.28. The van der Waals surface area contributed by atoms with Gasteiger partial charge < -0.3 is 10.2 Å². The molecule has 0 radical (unpaired) electrons. The SMILES string of the molecule is CC(CO)SCCC(C)(C)O. The second kappa shape index (κ2) is 5.01. The number of aliphatic hydroxyl groups excluding tert-OH is 1. The molecule has 1 atom stereocenters. The first kappa shape index (κ1) is 11.3. The maximum atomic E-state index is 9.33. The molecule has 0 heterocycles. The fourth-order valence-electron chi connectivity index (χ4n) is 0.563. The number of hydrogen-bond donors (Lipinski definition) is 2. The Morgan fingerprint density at radius 2 is 2.00 bits per heavy atom. The summed E-state index contributed by atoms with van der Waals surface area (Å²) >= 11 is 1.69. The Morgan fingerprint density at radius 3 is 2.36 bits per heavy atom. The quantitative estimate of drug-likeness (QED) is 0.666. The van der Waals surface area contributed by atoms with E-state index < -0.39 is 5.60 Å². The Hall–Kier alpha value is 0.270. The minimum absolute atomic E-state index is 0.219. The van der Waals surface area contributed by atoms with Crippen molar-refractivity contribution in [2.75, 3.05) is 12.4 Å². The third-order valence-corrected chi connectivity index (χ3v) is 2.53. The van der Waals surface area contributed by atoms with Gasteiger partial charge in [-0.25, -0.2) is 0 Å². The zero-order valence-electron chi connectivity index (χ0n) is 7.50. The lowest BCUT2D eigenvalue weighted by Crippen LogP contribution is -2.20. The summed E-state index contributed by atoms with van der Waals surface area (Å²) in [6.45, 7) is 5.81. The maximum absolute atomic E-state index is 9.33. The van der Waals surface area contributed by atoms with E-state index in [1.165, 1.54) is 0 Å². The lowest BCUT2D eigenvalue weighted by atomic mass is 10.1. The van der Waals surface area contributed by atoms with E-state index in [-0.39, 0.29) is 11.9 Å². The highest BCUT2D eigenvalue weighted by atomic mass is 32.2. The lowest BCUT2D eigenvalue weighted by molar-refractivity contribution is 0.0777. The maximum Gasteiger partial charge on any atom is 0.0599 e. The monoisotopic (exact) mass is 178 g/mol. The van der Waals surface area contributed by atoms with E-state index in [1.807, 2.05) is 6.92 Å². The molecule has 3 heteroatoms. The lowest BCUT2D eigenvalue weighted by Gasteiger charge is -2.17. The van der Waals surface area contributed by atoms with Crippen molar-refractivity contribution in [1.82, 2.24) is 0 Å². The third-order valence-electron chi connectivity index (χ3n) is 1.37. The van der Waals surface area contributed by atoms with Gasteiger partial charge in [0.05, 0.1) is 12.2 Å². The second-order valence-electron chi connectivity index (χ2n) is 3.43. The van der Waals surface area contributed by atoms with Crippen LogP contribution in [0.4, 0.5) is 0 Å². The molecule has 0 aliphatic heterocycles. The van der Waals surface area contributed by atoms with Gasteiger partial charge in [-0.1, -0.05) is 6.92 Å². The Labute approximate surface area is 73.0 Å². The highest BCUT2D eigenvalue weighted by Gasteiger charge is 2.12. The van der Waals surface area contributed by atoms with E-state index in [4.69, 9.17) is 5.11 Å². The van der Waals surface area contributed by atoms with Crippen LogP contribution in [0.5, 0.6) is 0 Å². The van der Waals surface area contributed by atoms with Crippen LogP contribution in [-0.2, 0) is 0 Å². The predicted molar refractivity (Wildman–Crippen MR) is 49.9 cm³/mol. The van der Waals surface area contributed by atoms with Crippen molar-refractivity contribution in [3.8, 4) is 0 Å². The first-order valence-corrected chi connectivity index (χ1v) is 4.95.